The number of amides is 2. The van der Waals surface area contributed by atoms with Crippen molar-refractivity contribution in [2.75, 3.05) is 26.2 Å². The average Bonchev–Trinajstić information content (AvgIpc) is 2.85. The third kappa shape index (κ3) is 6.21. The molecule has 2 amide bonds. The van der Waals surface area contributed by atoms with E-state index in [4.69, 9.17) is 5.11 Å². The van der Waals surface area contributed by atoms with Crippen LogP contribution in [0.1, 0.15) is 33.1 Å². The lowest BCUT2D eigenvalue weighted by molar-refractivity contribution is -0.141. The number of hydrogen-bond acceptors (Lipinski definition) is 4. The van der Waals surface area contributed by atoms with Gasteiger partial charge in [-0.15, -0.1) is 0 Å². The zero-order valence-corrected chi connectivity index (χ0v) is 12.2. The quantitative estimate of drug-likeness (QED) is 0.528. The number of carboxylic acid groups (broad SMARTS) is 1. The van der Waals surface area contributed by atoms with E-state index in [2.05, 4.69) is 22.5 Å². The minimum atomic E-state index is -1.44. The summed E-state index contributed by atoms with van der Waals surface area (Å²) in [5.41, 5.74) is -1.44. The molecule has 20 heavy (non-hydrogen) atoms. The Balaban J connectivity index is 2.21. The molecule has 0 radical (unpaired) electrons. The highest BCUT2D eigenvalue weighted by Gasteiger charge is 2.25. The first kappa shape index (κ1) is 16.7. The van der Waals surface area contributed by atoms with Crippen LogP contribution in [0.15, 0.2) is 0 Å². The van der Waals surface area contributed by atoms with Gasteiger partial charge in [-0.2, -0.15) is 0 Å². The molecule has 2 atom stereocenters. The van der Waals surface area contributed by atoms with E-state index < -0.39 is 18.0 Å². The van der Waals surface area contributed by atoms with Crippen LogP contribution in [-0.2, 0) is 4.79 Å². The van der Waals surface area contributed by atoms with Crippen LogP contribution in [0.5, 0.6) is 0 Å². The molecule has 1 heterocycles. The standard InChI is InChI=1S/C13H25N3O4/c1-10(16-5-3-4-6-16)8-14-12(19)15-9-13(2,20)7-11(17)18/h10,20H,3-9H2,1-2H3,(H,17,18)(H2,14,15,19). The average molecular weight is 287 g/mol. The number of hydrogen-bond donors (Lipinski definition) is 4. The van der Waals surface area contributed by atoms with E-state index in [0.29, 0.717) is 6.54 Å². The van der Waals surface area contributed by atoms with Crippen molar-refractivity contribution in [2.45, 2.75) is 44.8 Å². The topological polar surface area (TPSA) is 102 Å². The number of carbonyl (C=O) groups excluding carboxylic acids is 1. The number of nitrogens with zero attached hydrogens (tertiary/aromatic N) is 1. The molecule has 1 fully saturated rings. The van der Waals surface area contributed by atoms with Crippen molar-refractivity contribution in [2.24, 2.45) is 0 Å². The molecule has 2 unspecified atom stereocenters. The molecule has 0 saturated carbocycles. The number of carboxylic acids is 1. The maximum atomic E-state index is 11.6. The number of likely N-dealkylation sites (tertiary alicyclic amines) is 1. The van der Waals surface area contributed by atoms with Gasteiger partial charge in [-0.25, -0.2) is 4.79 Å². The van der Waals surface area contributed by atoms with Gasteiger partial charge in [0.1, 0.15) is 0 Å². The van der Waals surface area contributed by atoms with E-state index in [1.165, 1.54) is 19.8 Å². The molecule has 0 spiro atoms. The summed E-state index contributed by atoms with van der Waals surface area (Å²) in [6.07, 6.45) is 2.00. The Morgan fingerprint density at radius 2 is 1.90 bits per heavy atom. The maximum absolute atomic E-state index is 11.6. The van der Waals surface area contributed by atoms with Gasteiger partial charge in [-0.1, -0.05) is 0 Å². The third-order valence-corrected chi connectivity index (χ3v) is 3.48. The lowest BCUT2D eigenvalue weighted by Gasteiger charge is -2.25. The maximum Gasteiger partial charge on any atom is 0.314 e. The Labute approximate surface area is 119 Å². The van der Waals surface area contributed by atoms with Gasteiger partial charge in [-0.05, 0) is 39.8 Å². The van der Waals surface area contributed by atoms with Gasteiger partial charge in [0.2, 0.25) is 0 Å². The highest BCUT2D eigenvalue weighted by atomic mass is 16.4. The zero-order chi connectivity index (χ0) is 15.2. The molecule has 0 aliphatic carbocycles. The molecule has 1 aliphatic rings. The molecule has 1 aliphatic heterocycles. The van der Waals surface area contributed by atoms with Crippen molar-refractivity contribution >= 4 is 12.0 Å². The molecular weight excluding hydrogens is 262 g/mol. The molecule has 0 bridgehead atoms. The second-order valence-corrected chi connectivity index (χ2v) is 5.72. The lowest BCUT2D eigenvalue weighted by Crippen LogP contribution is -2.48. The normalized spacial score (nSPS) is 20.1. The number of nitrogens with one attached hydrogen (secondary N) is 2. The Morgan fingerprint density at radius 3 is 2.45 bits per heavy atom. The predicted octanol–water partition coefficient (Wildman–Crippen LogP) is -0.00440. The van der Waals surface area contributed by atoms with Gasteiger partial charge in [0.15, 0.2) is 0 Å². The SMILES string of the molecule is CC(CNC(=O)NCC(C)(O)CC(=O)O)N1CCCC1. The van der Waals surface area contributed by atoms with Crippen molar-refractivity contribution < 1.29 is 19.8 Å². The number of aliphatic hydroxyl groups is 1. The number of carbonyl (C=O) groups is 2. The monoisotopic (exact) mass is 287 g/mol. The molecule has 0 aromatic carbocycles. The van der Waals surface area contributed by atoms with Crippen molar-refractivity contribution in [3.05, 3.63) is 0 Å². The minimum Gasteiger partial charge on any atom is -0.481 e. The fourth-order valence-electron chi connectivity index (χ4n) is 2.27. The molecule has 0 aromatic rings. The summed E-state index contributed by atoms with van der Waals surface area (Å²) in [6, 6.07) is -0.107. The van der Waals surface area contributed by atoms with Crippen molar-refractivity contribution in [1.82, 2.24) is 15.5 Å². The first-order chi connectivity index (χ1) is 9.30. The Hall–Kier alpha value is -1.34. The predicted molar refractivity (Wildman–Crippen MR) is 74.5 cm³/mol. The van der Waals surface area contributed by atoms with Gasteiger partial charge in [0, 0.05) is 19.1 Å². The van der Waals surface area contributed by atoms with Crippen LogP contribution in [0, 0.1) is 0 Å². The van der Waals surface area contributed by atoms with Crippen molar-refractivity contribution in [3.8, 4) is 0 Å². The second kappa shape index (κ2) is 7.44. The second-order valence-electron chi connectivity index (χ2n) is 5.72. The molecular formula is C13H25N3O4. The molecule has 1 saturated heterocycles. The minimum absolute atomic E-state index is 0.0940. The Kier molecular flexibility index (Phi) is 6.22. The first-order valence-corrected chi connectivity index (χ1v) is 7.00. The number of urea groups is 1. The lowest BCUT2D eigenvalue weighted by atomic mass is 10.0. The summed E-state index contributed by atoms with van der Waals surface area (Å²) in [5.74, 6) is -1.10. The smallest absolute Gasteiger partial charge is 0.314 e. The molecule has 4 N–H and O–H groups in total. The highest BCUT2D eigenvalue weighted by molar-refractivity contribution is 5.74. The first-order valence-electron chi connectivity index (χ1n) is 7.00. The van der Waals surface area contributed by atoms with Gasteiger partial charge in [0.05, 0.1) is 12.0 Å². The Morgan fingerprint density at radius 1 is 1.30 bits per heavy atom. The van der Waals surface area contributed by atoms with Crippen LogP contribution in [-0.4, -0.2) is 64.9 Å². The Bertz CT molecular complexity index is 341. The highest BCUT2D eigenvalue weighted by Crippen LogP contribution is 2.10. The third-order valence-electron chi connectivity index (χ3n) is 3.48. The van der Waals surface area contributed by atoms with Crippen LogP contribution in [0.2, 0.25) is 0 Å². The molecule has 7 nitrogen and oxygen atoms in total. The van der Waals surface area contributed by atoms with Crippen molar-refractivity contribution in [3.63, 3.8) is 0 Å². The summed E-state index contributed by atoms with van der Waals surface area (Å²) in [7, 11) is 0. The van der Waals surface area contributed by atoms with Crippen LogP contribution in [0.25, 0.3) is 0 Å². The van der Waals surface area contributed by atoms with Crippen LogP contribution in [0.3, 0.4) is 0 Å². The van der Waals surface area contributed by atoms with Crippen LogP contribution < -0.4 is 10.6 Å². The summed E-state index contributed by atoms with van der Waals surface area (Å²) in [6.45, 7) is 6.02. The van der Waals surface area contributed by atoms with Gasteiger partial charge in [-0.3, -0.25) is 9.69 Å². The van der Waals surface area contributed by atoms with E-state index in [-0.39, 0.29) is 18.6 Å². The van der Waals surface area contributed by atoms with E-state index in [0.717, 1.165) is 13.1 Å². The summed E-state index contributed by atoms with van der Waals surface area (Å²) in [5, 5.41) is 23.6. The van der Waals surface area contributed by atoms with Crippen LogP contribution >= 0.6 is 0 Å². The molecule has 1 rings (SSSR count). The summed E-state index contributed by atoms with van der Waals surface area (Å²) >= 11 is 0. The summed E-state index contributed by atoms with van der Waals surface area (Å²) < 4.78 is 0. The van der Waals surface area contributed by atoms with Gasteiger partial charge >= 0.3 is 12.0 Å². The van der Waals surface area contributed by atoms with E-state index in [1.807, 2.05) is 0 Å². The number of aliphatic carboxylic acids is 1. The fourth-order valence-corrected chi connectivity index (χ4v) is 2.27. The van der Waals surface area contributed by atoms with E-state index >= 15 is 0 Å². The van der Waals surface area contributed by atoms with E-state index in [1.54, 1.807) is 0 Å². The zero-order valence-electron chi connectivity index (χ0n) is 12.2. The van der Waals surface area contributed by atoms with Gasteiger partial charge < -0.3 is 20.8 Å². The largest absolute Gasteiger partial charge is 0.481 e. The molecule has 116 valence electrons. The van der Waals surface area contributed by atoms with E-state index in [9.17, 15) is 14.7 Å². The summed E-state index contributed by atoms with van der Waals surface area (Å²) in [4.78, 5) is 24.4. The molecule has 0 aromatic heterocycles. The van der Waals surface area contributed by atoms with Gasteiger partial charge in [0.25, 0.3) is 0 Å². The fraction of sp³-hybridized carbons (Fsp3) is 0.846. The number of rotatable bonds is 7. The van der Waals surface area contributed by atoms with Crippen LogP contribution in [0.4, 0.5) is 4.79 Å². The molecule has 7 heteroatoms. The van der Waals surface area contributed by atoms with Crippen molar-refractivity contribution in [1.29, 1.82) is 0 Å².